The van der Waals surface area contributed by atoms with Crippen molar-refractivity contribution in [1.29, 1.82) is 5.26 Å². The van der Waals surface area contributed by atoms with E-state index in [4.69, 9.17) is 10.00 Å². The van der Waals surface area contributed by atoms with Crippen LogP contribution in [0.15, 0.2) is 48.5 Å². The standard InChI is InChI=1S/C19H16N2O3/c1-19(10-15-7-2-3-8-16(15)17(22)24-19)18(23)21-12-14-6-4-5-13(9-14)11-20/h2-9H,10,12H2,1H3,(H,21,23). The van der Waals surface area contributed by atoms with E-state index in [-0.39, 0.29) is 12.5 Å². The van der Waals surface area contributed by atoms with Crippen LogP contribution in [0.2, 0.25) is 0 Å². The number of nitriles is 1. The highest BCUT2D eigenvalue weighted by atomic mass is 16.6. The monoisotopic (exact) mass is 320 g/mol. The molecule has 0 aromatic heterocycles. The van der Waals surface area contributed by atoms with Crippen molar-refractivity contribution in [2.75, 3.05) is 0 Å². The van der Waals surface area contributed by atoms with E-state index in [1.54, 1.807) is 37.3 Å². The van der Waals surface area contributed by atoms with Gasteiger partial charge in [-0.15, -0.1) is 0 Å². The van der Waals surface area contributed by atoms with Crippen LogP contribution in [-0.2, 0) is 22.5 Å². The minimum absolute atomic E-state index is 0.267. The fourth-order valence-electron chi connectivity index (χ4n) is 2.78. The molecule has 1 aliphatic rings. The van der Waals surface area contributed by atoms with Crippen molar-refractivity contribution in [3.8, 4) is 6.07 Å². The van der Waals surface area contributed by atoms with Gasteiger partial charge in [-0.1, -0.05) is 30.3 Å². The number of carbonyl (C=O) groups is 2. The van der Waals surface area contributed by atoms with Gasteiger partial charge in [-0.25, -0.2) is 4.79 Å². The highest BCUT2D eigenvalue weighted by molar-refractivity contribution is 5.97. The molecule has 1 N–H and O–H groups in total. The summed E-state index contributed by atoms with van der Waals surface area (Å²) >= 11 is 0. The minimum Gasteiger partial charge on any atom is -0.445 e. The Labute approximate surface area is 139 Å². The Morgan fingerprint density at radius 3 is 2.88 bits per heavy atom. The molecule has 5 heteroatoms. The summed E-state index contributed by atoms with van der Waals surface area (Å²) < 4.78 is 5.39. The largest absolute Gasteiger partial charge is 0.445 e. The molecule has 0 spiro atoms. The lowest BCUT2D eigenvalue weighted by molar-refractivity contribution is -0.139. The topological polar surface area (TPSA) is 79.2 Å². The first-order valence-electron chi connectivity index (χ1n) is 7.60. The van der Waals surface area contributed by atoms with Crippen molar-refractivity contribution in [3.63, 3.8) is 0 Å². The molecule has 1 unspecified atom stereocenters. The third kappa shape index (κ3) is 2.99. The molecule has 24 heavy (non-hydrogen) atoms. The van der Waals surface area contributed by atoms with Crippen LogP contribution in [0.25, 0.3) is 0 Å². The average Bonchev–Trinajstić information content (AvgIpc) is 2.59. The number of esters is 1. The van der Waals surface area contributed by atoms with E-state index in [0.717, 1.165) is 11.1 Å². The number of fused-ring (bicyclic) bond motifs is 1. The van der Waals surface area contributed by atoms with Crippen molar-refractivity contribution in [1.82, 2.24) is 5.32 Å². The van der Waals surface area contributed by atoms with E-state index in [0.29, 0.717) is 17.5 Å². The van der Waals surface area contributed by atoms with E-state index in [1.807, 2.05) is 18.2 Å². The normalized spacial score (nSPS) is 18.9. The molecule has 5 nitrogen and oxygen atoms in total. The number of amides is 1. The number of nitrogens with one attached hydrogen (secondary N) is 1. The van der Waals surface area contributed by atoms with Gasteiger partial charge >= 0.3 is 5.97 Å². The van der Waals surface area contributed by atoms with E-state index < -0.39 is 11.6 Å². The second kappa shape index (κ2) is 6.17. The van der Waals surface area contributed by atoms with Crippen molar-refractivity contribution >= 4 is 11.9 Å². The van der Waals surface area contributed by atoms with Gasteiger partial charge in [0.05, 0.1) is 17.2 Å². The Balaban J connectivity index is 1.73. The van der Waals surface area contributed by atoms with Crippen LogP contribution in [0.3, 0.4) is 0 Å². The van der Waals surface area contributed by atoms with Gasteiger partial charge in [-0.2, -0.15) is 5.26 Å². The zero-order chi connectivity index (χ0) is 17.2. The van der Waals surface area contributed by atoms with Gasteiger partial charge in [0.1, 0.15) is 0 Å². The summed E-state index contributed by atoms with van der Waals surface area (Å²) in [5, 5.41) is 11.7. The van der Waals surface area contributed by atoms with Crippen LogP contribution >= 0.6 is 0 Å². The van der Waals surface area contributed by atoms with Crippen molar-refractivity contribution < 1.29 is 14.3 Å². The average molecular weight is 320 g/mol. The second-order valence-corrected chi connectivity index (χ2v) is 5.95. The fraction of sp³-hybridized carbons (Fsp3) is 0.211. The zero-order valence-corrected chi connectivity index (χ0v) is 13.2. The summed E-state index contributed by atoms with van der Waals surface area (Å²) in [4.78, 5) is 24.7. The first kappa shape index (κ1) is 15.8. The lowest BCUT2D eigenvalue weighted by Gasteiger charge is -2.33. The number of hydrogen-bond acceptors (Lipinski definition) is 4. The smallest absolute Gasteiger partial charge is 0.339 e. The Bertz CT molecular complexity index is 854. The highest BCUT2D eigenvalue weighted by Crippen LogP contribution is 2.28. The summed E-state index contributed by atoms with van der Waals surface area (Å²) in [6.07, 6.45) is 0.332. The van der Waals surface area contributed by atoms with Gasteiger partial charge in [-0.3, -0.25) is 4.79 Å². The molecule has 0 saturated heterocycles. The lowest BCUT2D eigenvalue weighted by atomic mass is 9.89. The van der Waals surface area contributed by atoms with E-state index >= 15 is 0 Å². The maximum Gasteiger partial charge on any atom is 0.339 e. The van der Waals surface area contributed by atoms with Crippen LogP contribution in [0.1, 0.15) is 34.0 Å². The minimum atomic E-state index is -1.24. The fourth-order valence-corrected chi connectivity index (χ4v) is 2.78. The third-order valence-corrected chi connectivity index (χ3v) is 4.07. The molecule has 0 bridgehead atoms. The SMILES string of the molecule is CC1(C(=O)NCc2cccc(C#N)c2)Cc2ccccc2C(=O)O1. The molecule has 0 radical (unpaired) electrons. The number of ether oxygens (including phenoxy) is 1. The van der Waals surface area contributed by atoms with Gasteiger partial charge in [0.15, 0.2) is 5.60 Å². The molecule has 0 aliphatic carbocycles. The molecule has 2 aromatic rings. The summed E-state index contributed by atoms with van der Waals surface area (Å²) in [5.74, 6) is -0.839. The number of hydrogen-bond donors (Lipinski definition) is 1. The molecule has 2 aromatic carbocycles. The number of cyclic esters (lactones) is 1. The number of carbonyl (C=O) groups excluding carboxylic acids is 2. The third-order valence-electron chi connectivity index (χ3n) is 4.07. The zero-order valence-electron chi connectivity index (χ0n) is 13.2. The van der Waals surface area contributed by atoms with Gasteiger partial charge in [-0.05, 0) is 36.2 Å². The van der Waals surface area contributed by atoms with Crippen molar-refractivity contribution in [3.05, 3.63) is 70.8 Å². The molecule has 120 valence electrons. The number of benzene rings is 2. The van der Waals surface area contributed by atoms with Gasteiger partial charge in [0.2, 0.25) is 0 Å². The molecule has 3 rings (SSSR count). The van der Waals surface area contributed by atoms with Crippen LogP contribution in [0.5, 0.6) is 0 Å². The molecule has 0 saturated carbocycles. The highest BCUT2D eigenvalue weighted by Gasteiger charge is 2.42. The van der Waals surface area contributed by atoms with E-state index in [9.17, 15) is 9.59 Å². The second-order valence-electron chi connectivity index (χ2n) is 5.95. The van der Waals surface area contributed by atoms with Crippen LogP contribution in [0.4, 0.5) is 0 Å². The molecule has 1 aliphatic heterocycles. The summed E-state index contributed by atoms with van der Waals surface area (Å²) in [7, 11) is 0. The quantitative estimate of drug-likeness (QED) is 0.880. The first-order chi connectivity index (χ1) is 11.5. The Kier molecular flexibility index (Phi) is 4.05. The molecule has 1 atom stereocenters. The maximum absolute atomic E-state index is 12.5. The number of nitrogens with zero attached hydrogens (tertiary/aromatic N) is 1. The molecule has 0 fully saturated rings. The summed E-state index contributed by atoms with van der Waals surface area (Å²) in [5.41, 5.74) is 1.42. The van der Waals surface area contributed by atoms with Gasteiger partial charge < -0.3 is 10.1 Å². The van der Waals surface area contributed by atoms with Gasteiger partial charge in [0.25, 0.3) is 5.91 Å². The Morgan fingerprint density at radius 1 is 1.29 bits per heavy atom. The Hall–Kier alpha value is -3.13. The predicted molar refractivity (Wildman–Crippen MR) is 87.0 cm³/mol. The predicted octanol–water partition coefficient (Wildman–Crippen LogP) is 2.35. The lowest BCUT2D eigenvalue weighted by Crippen LogP contribution is -2.51. The summed E-state index contributed by atoms with van der Waals surface area (Å²) in [6, 6.07) is 16.2. The maximum atomic E-state index is 12.5. The van der Waals surface area contributed by atoms with E-state index in [1.165, 1.54) is 0 Å². The first-order valence-corrected chi connectivity index (χ1v) is 7.60. The Morgan fingerprint density at radius 2 is 2.08 bits per heavy atom. The van der Waals surface area contributed by atoms with Crippen LogP contribution in [-0.4, -0.2) is 17.5 Å². The number of rotatable bonds is 3. The molecule has 1 amide bonds. The van der Waals surface area contributed by atoms with Crippen LogP contribution < -0.4 is 5.32 Å². The van der Waals surface area contributed by atoms with Crippen molar-refractivity contribution in [2.45, 2.75) is 25.5 Å². The molecular formula is C19H16N2O3. The van der Waals surface area contributed by atoms with Crippen LogP contribution in [0, 0.1) is 11.3 Å². The molecular weight excluding hydrogens is 304 g/mol. The van der Waals surface area contributed by atoms with Gasteiger partial charge in [0, 0.05) is 13.0 Å². The molecule has 1 heterocycles. The van der Waals surface area contributed by atoms with Crippen molar-refractivity contribution in [2.24, 2.45) is 0 Å². The summed E-state index contributed by atoms with van der Waals surface area (Å²) in [6.45, 7) is 1.88. The van der Waals surface area contributed by atoms with E-state index in [2.05, 4.69) is 11.4 Å².